The van der Waals surface area contributed by atoms with Gasteiger partial charge in [-0.25, -0.2) is 0 Å². The van der Waals surface area contributed by atoms with Crippen LogP contribution in [-0.2, 0) is 5.41 Å². The lowest BCUT2D eigenvalue weighted by Gasteiger charge is -2.32. The predicted molar refractivity (Wildman–Crippen MR) is 346 cm³/mol. The molecule has 3 aliphatic carbocycles. The Kier molecular flexibility index (Phi) is 9.64. The lowest BCUT2D eigenvalue weighted by atomic mass is 9.70. The minimum atomic E-state index is -0.473. The highest BCUT2D eigenvalue weighted by Crippen LogP contribution is 2.65. The highest BCUT2D eigenvalue weighted by Gasteiger charge is 2.52. The summed E-state index contributed by atoms with van der Waals surface area (Å²) in [4.78, 5) is 4.03. The van der Waals surface area contributed by atoms with Crippen LogP contribution in [0.1, 0.15) is 57.5 Å². The molecule has 3 heterocycles. The van der Waals surface area contributed by atoms with E-state index >= 15 is 0 Å². The lowest BCUT2D eigenvalue weighted by Crippen LogP contribution is -2.26. The number of rotatable bonds is 6. The minimum Gasteiger partial charge on any atom is -0.310 e. The van der Waals surface area contributed by atoms with Crippen LogP contribution in [0.4, 0.5) is 17.1 Å². The van der Waals surface area contributed by atoms with Crippen molar-refractivity contribution in [2.75, 3.05) is 4.90 Å². The van der Waals surface area contributed by atoms with E-state index in [4.69, 9.17) is 0 Å². The number of hydrogen-bond donors (Lipinski definition) is 0. The van der Waals surface area contributed by atoms with Crippen molar-refractivity contribution in [2.45, 2.75) is 24.7 Å². The number of nitrogens with zero attached hydrogens (tertiary/aromatic N) is 3. The summed E-state index contributed by atoms with van der Waals surface area (Å²) in [6.07, 6.45) is 3.49. The summed E-state index contributed by atoms with van der Waals surface area (Å²) in [6.45, 7) is 2.44. The van der Waals surface area contributed by atoms with E-state index in [1.165, 1.54) is 142 Å². The van der Waals surface area contributed by atoms with Crippen molar-refractivity contribution in [3.05, 3.63) is 305 Å². The highest BCUT2D eigenvalue weighted by molar-refractivity contribution is 7.19. The molecule has 12 aromatic carbocycles. The zero-order valence-corrected chi connectivity index (χ0v) is 45.8. The van der Waals surface area contributed by atoms with E-state index in [1.54, 1.807) is 0 Å². The molecule has 3 nitrogen and oxygen atoms in total. The van der Waals surface area contributed by atoms with Crippen LogP contribution in [0.15, 0.2) is 267 Å². The summed E-state index contributed by atoms with van der Waals surface area (Å²) in [5.74, 6) is 0.326. The van der Waals surface area contributed by atoms with Crippen molar-refractivity contribution in [1.29, 1.82) is 0 Å². The van der Waals surface area contributed by atoms with E-state index in [-0.39, 0.29) is 0 Å². The van der Waals surface area contributed by atoms with Gasteiger partial charge >= 0.3 is 0 Å². The number of thiophene rings is 1. The fraction of sp³-hybridized carbons (Fsp3) is 0.0513. The normalized spacial score (nSPS) is 14.6. The number of anilines is 3. The standard InChI is InChI=1S/C78H51N3S/c1-48-43-51(56-28-17-29-62-59-25-10-16-35-71(59)81(76(56)62)53-38-37-49-19-5-6-20-50(49)44-53)45-65-61-41-39-55(47-74(61)82-77(48)65)79(54-40-42-72-64(46-54)60-26-11-15-34-70(60)80(72)52-21-3-2-4-22-52)73-36-18-33-69-75(73)63-27-9-14-32-68(63)78(69)66-30-12-7-23-57(66)58-24-8-13-31-67(58)78/h2-42,44-48H,43H2,1H3. The second-order valence-corrected chi connectivity index (χ2v) is 23.8. The number of fused-ring (bicyclic) bond motifs is 20. The second-order valence-electron chi connectivity index (χ2n) is 22.7. The van der Waals surface area contributed by atoms with Gasteiger partial charge in [0.2, 0.25) is 0 Å². The van der Waals surface area contributed by atoms with Crippen molar-refractivity contribution in [2.24, 2.45) is 0 Å². The van der Waals surface area contributed by atoms with Crippen LogP contribution >= 0.6 is 11.3 Å². The molecule has 0 radical (unpaired) electrons. The molecule has 3 aromatic heterocycles. The van der Waals surface area contributed by atoms with Gasteiger partial charge in [-0.3, -0.25) is 0 Å². The first kappa shape index (κ1) is 45.8. The Hall–Kier alpha value is -10.0. The third-order valence-electron chi connectivity index (χ3n) is 18.5. The van der Waals surface area contributed by atoms with Crippen LogP contribution in [0.25, 0.3) is 110 Å². The molecular weight excluding hydrogens is 1010 g/mol. The average Bonchev–Trinajstić information content (AvgIpc) is 4.50. The predicted octanol–water partition coefficient (Wildman–Crippen LogP) is 21.1. The van der Waals surface area contributed by atoms with Crippen molar-refractivity contribution in [1.82, 2.24) is 9.13 Å². The minimum absolute atomic E-state index is 0.326. The van der Waals surface area contributed by atoms with Gasteiger partial charge in [0, 0.05) is 70.4 Å². The van der Waals surface area contributed by atoms with Gasteiger partial charge in [-0.15, -0.1) is 11.3 Å². The van der Waals surface area contributed by atoms with Crippen LogP contribution in [0.5, 0.6) is 0 Å². The fourth-order valence-corrected chi connectivity index (χ4v) is 16.4. The Balaban J connectivity index is 0.853. The summed E-state index contributed by atoms with van der Waals surface area (Å²) in [7, 11) is 0. The molecule has 0 N–H and O–H groups in total. The topological polar surface area (TPSA) is 13.1 Å². The van der Waals surface area contributed by atoms with Gasteiger partial charge in [0.05, 0.1) is 33.2 Å². The summed E-state index contributed by atoms with van der Waals surface area (Å²) in [5, 5.41) is 8.81. The number of benzene rings is 12. The van der Waals surface area contributed by atoms with Crippen LogP contribution in [0.3, 0.4) is 0 Å². The van der Waals surface area contributed by atoms with Gasteiger partial charge in [-0.1, -0.05) is 201 Å². The lowest BCUT2D eigenvalue weighted by molar-refractivity contribution is 0.794. The molecule has 0 aliphatic heterocycles. The molecule has 82 heavy (non-hydrogen) atoms. The van der Waals surface area contributed by atoms with Crippen LogP contribution in [0, 0.1) is 0 Å². The van der Waals surface area contributed by atoms with E-state index in [0.717, 1.165) is 23.5 Å². The molecule has 0 saturated carbocycles. The molecule has 1 unspecified atom stereocenters. The summed E-state index contributed by atoms with van der Waals surface area (Å²) < 4.78 is 6.23. The third-order valence-corrected chi connectivity index (χ3v) is 19.9. The molecule has 0 amide bonds. The first-order valence-electron chi connectivity index (χ1n) is 28.7. The Morgan fingerprint density at radius 1 is 0.415 bits per heavy atom. The van der Waals surface area contributed by atoms with Crippen molar-refractivity contribution in [3.8, 4) is 33.6 Å². The molecule has 15 aromatic rings. The molecule has 384 valence electrons. The molecule has 18 rings (SSSR count). The van der Waals surface area contributed by atoms with Crippen LogP contribution in [0.2, 0.25) is 0 Å². The van der Waals surface area contributed by atoms with Gasteiger partial charge in [-0.2, -0.15) is 0 Å². The maximum Gasteiger partial charge on any atom is 0.0726 e. The molecular formula is C78H51N3S. The Bertz CT molecular complexity index is 5190. The number of hydrogen-bond acceptors (Lipinski definition) is 2. The molecule has 1 spiro atoms. The number of allylic oxidation sites excluding steroid dienone is 1. The molecule has 0 fully saturated rings. The quantitative estimate of drug-likeness (QED) is 0.162. The first-order valence-corrected chi connectivity index (χ1v) is 29.5. The van der Waals surface area contributed by atoms with Gasteiger partial charge in [0.1, 0.15) is 0 Å². The fourth-order valence-electron chi connectivity index (χ4n) is 15.2. The maximum atomic E-state index is 2.57. The Morgan fingerprint density at radius 2 is 1.00 bits per heavy atom. The monoisotopic (exact) mass is 1060 g/mol. The molecule has 4 heteroatoms. The van der Waals surface area contributed by atoms with Gasteiger partial charge in [0.15, 0.2) is 0 Å². The molecule has 0 saturated heterocycles. The van der Waals surface area contributed by atoms with E-state index < -0.39 is 5.41 Å². The maximum absolute atomic E-state index is 2.57. The van der Waals surface area contributed by atoms with Crippen molar-refractivity contribution >= 4 is 105 Å². The van der Waals surface area contributed by atoms with Gasteiger partial charge in [-0.05, 0) is 152 Å². The Morgan fingerprint density at radius 3 is 1.79 bits per heavy atom. The third kappa shape index (κ3) is 6.25. The van der Waals surface area contributed by atoms with E-state index in [2.05, 4.69) is 294 Å². The number of para-hydroxylation sites is 4. The molecule has 1 atom stereocenters. The Labute approximate surface area is 479 Å². The van der Waals surface area contributed by atoms with E-state index in [0.29, 0.717) is 5.92 Å². The van der Waals surface area contributed by atoms with Crippen molar-refractivity contribution < 1.29 is 0 Å². The molecule has 0 bridgehead atoms. The molecule has 3 aliphatic rings. The summed E-state index contributed by atoms with van der Waals surface area (Å²) in [6, 6.07) is 100. The van der Waals surface area contributed by atoms with Gasteiger partial charge in [0.25, 0.3) is 0 Å². The smallest absolute Gasteiger partial charge is 0.0726 e. The average molecular weight is 1060 g/mol. The summed E-state index contributed by atoms with van der Waals surface area (Å²) >= 11 is 1.97. The summed E-state index contributed by atoms with van der Waals surface area (Å²) in [5.41, 5.74) is 24.7. The van der Waals surface area contributed by atoms with E-state index in [1.807, 2.05) is 11.3 Å². The van der Waals surface area contributed by atoms with Crippen molar-refractivity contribution in [3.63, 3.8) is 0 Å². The number of aromatic nitrogens is 2. The largest absolute Gasteiger partial charge is 0.310 e. The highest BCUT2D eigenvalue weighted by atomic mass is 32.1. The van der Waals surface area contributed by atoms with Gasteiger partial charge < -0.3 is 14.0 Å². The zero-order valence-electron chi connectivity index (χ0n) is 45.0. The zero-order chi connectivity index (χ0) is 53.8. The first-order chi connectivity index (χ1) is 40.6. The SMILES string of the molecule is CC1CC(c2cccc3c4ccccc4n(-c4ccc5ccccc5c4)c23)=Cc2c1sc1cc(N(c3ccc4c(c3)c3ccccc3n4-c3ccccc3)c3cccc4c3-c3ccccc3C43c4ccccc4-c4ccccc43)ccc21. The second kappa shape index (κ2) is 17.3. The van der Waals surface area contributed by atoms with Crippen LogP contribution < -0.4 is 4.90 Å². The van der Waals surface area contributed by atoms with Crippen LogP contribution in [-0.4, -0.2) is 9.13 Å². The van der Waals surface area contributed by atoms with E-state index in [9.17, 15) is 0 Å².